The lowest BCUT2D eigenvalue weighted by Gasteiger charge is -2.07. The molecule has 0 aliphatic carbocycles. The SMILES string of the molecule is O=C(CCc1cccc(Cl)c1)NNC(=O)c1ccc(Br)cc1. The van der Waals surface area contributed by atoms with Gasteiger partial charge in [-0.15, -0.1) is 0 Å². The first-order chi connectivity index (χ1) is 10.5. The molecule has 2 aromatic carbocycles. The van der Waals surface area contributed by atoms with E-state index in [9.17, 15) is 9.59 Å². The summed E-state index contributed by atoms with van der Waals surface area (Å²) >= 11 is 9.17. The van der Waals surface area contributed by atoms with Crippen molar-refractivity contribution >= 4 is 39.3 Å². The summed E-state index contributed by atoms with van der Waals surface area (Å²) in [6.45, 7) is 0. The molecule has 22 heavy (non-hydrogen) atoms. The van der Waals surface area contributed by atoms with Gasteiger partial charge in [-0.25, -0.2) is 0 Å². The average molecular weight is 382 g/mol. The maximum absolute atomic E-state index is 11.8. The predicted molar refractivity (Wildman–Crippen MR) is 89.5 cm³/mol. The highest BCUT2D eigenvalue weighted by Gasteiger charge is 2.07. The van der Waals surface area contributed by atoms with Crippen LogP contribution in [0, 0.1) is 0 Å². The molecule has 0 saturated heterocycles. The van der Waals surface area contributed by atoms with Crippen molar-refractivity contribution < 1.29 is 9.59 Å². The fraction of sp³-hybridized carbons (Fsp3) is 0.125. The molecule has 6 heteroatoms. The molecule has 0 radical (unpaired) electrons. The van der Waals surface area contributed by atoms with Crippen LogP contribution in [0.1, 0.15) is 22.3 Å². The Bertz CT molecular complexity index is 674. The van der Waals surface area contributed by atoms with Crippen LogP contribution in [-0.2, 0) is 11.2 Å². The minimum absolute atomic E-state index is 0.259. The molecule has 0 fully saturated rings. The van der Waals surface area contributed by atoms with Crippen LogP contribution in [0.15, 0.2) is 53.0 Å². The molecule has 0 heterocycles. The summed E-state index contributed by atoms with van der Waals surface area (Å²) in [5.74, 6) is -0.617. The topological polar surface area (TPSA) is 58.2 Å². The molecule has 0 unspecified atom stereocenters. The van der Waals surface area contributed by atoms with Gasteiger partial charge in [0, 0.05) is 21.5 Å². The van der Waals surface area contributed by atoms with Gasteiger partial charge in [0.25, 0.3) is 5.91 Å². The summed E-state index contributed by atoms with van der Waals surface area (Å²) in [6, 6.07) is 14.2. The average Bonchev–Trinajstić information content (AvgIpc) is 2.51. The number of amides is 2. The number of nitrogens with one attached hydrogen (secondary N) is 2. The smallest absolute Gasteiger partial charge is 0.269 e. The van der Waals surface area contributed by atoms with E-state index in [1.807, 2.05) is 18.2 Å². The largest absolute Gasteiger partial charge is 0.273 e. The van der Waals surface area contributed by atoms with Crippen LogP contribution < -0.4 is 10.9 Å². The Morgan fingerprint density at radius 1 is 1.05 bits per heavy atom. The van der Waals surface area contributed by atoms with Gasteiger partial charge in [0.05, 0.1) is 0 Å². The molecule has 0 saturated carbocycles. The van der Waals surface area contributed by atoms with Gasteiger partial charge >= 0.3 is 0 Å². The molecule has 0 bridgehead atoms. The van der Waals surface area contributed by atoms with Crippen molar-refractivity contribution in [3.8, 4) is 0 Å². The van der Waals surface area contributed by atoms with Crippen molar-refractivity contribution in [3.63, 3.8) is 0 Å². The number of hydrogen-bond acceptors (Lipinski definition) is 2. The fourth-order valence-electron chi connectivity index (χ4n) is 1.81. The lowest BCUT2D eigenvalue weighted by Crippen LogP contribution is -2.41. The monoisotopic (exact) mass is 380 g/mol. The Kier molecular flexibility index (Phi) is 5.98. The van der Waals surface area contributed by atoms with E-state index in [1.165, 1.54) is 0 Å². The van der Waals surface area contributed by atoms with E-state index in [0.29, 0.717) is 17.0 Å². The van der Waals surface area contributed by atoms with Crippen LogP contribution >= 0.6 is 27.5 Å². The Balaban J connectivity index is 1.78. The normalized spacial score (nSPS) is 10.1. The number of carbonyl (C=O) groups excluding carboxylic acids is 2. The maximum Gasteiger partial charge on any atom is 0.269 e. The van der Waals surface area contributed by atoms with Crippen LogP contribution in [0.2, 0.25) is 5.02 Å². The van der Waals surface area contributed by atoms with E-state index in [4.69, 9.17) is 11.6 Å². The highest BCUT2D eigenvalue weighted by atomic mass is 79.9. The zero-order valence-electron chi connectivity index (χ0n) is 11.6. The summed E-state index contributed by atoms with van der Waals surface area (Å²) in [5, 5.41) is 0.640. The van der Waals surface area contributed by atoms with Gasteiger partial charge in [0.15, 0.2) is 0 Å². The molecule has 0 aromatic heterocycles. The molecule has 2 N–H and O–H groups in total. The van der Waals surface area contributed by atoms with Crippen LogP contribution in [-0.4, -0.2) is 11.8 Å². The quantitative estimate of drug-likeness (QED) is 0.797. The van der Waals surface area contributed by atoms with Crippen LogP contribution in [0.4, 0.5) is 0 Å². The lowest BCUT2D eigenvalue weighted by atomic mass is 10.1. The minimum Gasteiger partial charge on any atom is -0.273 e. The second-order valence-electron chi connectivity index (χ2n) is 4.64. The fourth-order valence-corrected chi connectivity index (χ4v) is 2.29. The van der Waals surface area contributed by atoms with Crippen molar-refractivity contribution in [2.45, 2.75) is 12.8 Å². The van der Waals surface area contributed by atoms with Crippen molar-refractivity contribution in [1.29, 1.82) is 0 Å². The zero-order valence-corrected chi connectivity index (χ0v) is 13.9. The van der Waals surface area contributed by atoms with Crippen molar-refractivity contribution in [3.05, 3.63) is 69.2 Å². The van der Waals surface area contributed by atoms with E-state index in [2.05, 4.69) is 26.8 Å². The van der Waals surface area contributed by atoms with Crippen LogP contribution in [0.3, 0.4) is 0 Å². The molecule has 0 atom stereocenters. The molecule has 0 spiro atoms. The van der Waals surface area contributed by atoms with Gasteiger partial charge in [-0.3, -0.25) is 20.4 Å². The Labute approximate surface area is 142 Å². The molecular formula is C16H14BrClN2O2. The van der Waals surface area contributed by atoms with Gasteiger partial charge in [0.1, 0.15) is 0 Å². The van der Waals surface area contributed by atoms with Crippen LogP contribution in [0.5, 0.6) is 0 Å². The van der Waals surface area contributed by atoms with E-state index >= 15 is 0 Å². The molecule has 0 aliphatic rings. The summed E-state index contributed by atoms with van der Waals surface area (Å²) < 4.78 is 0.884. The zero-order chi connectivity index (χ0) is 15.9. The Hall–Kier alpha value is -1.85. The molecule has 4 nitrogen and oxygen atoms in total. The summed E-state index contributed by atoms with van der Waals surface area (Å²) in [5.41, 5.74) is 6.23. The van der Waals surface area contributed by atoms with E-state index in [-0.39, 0.29) is 18.2 Å². The lowest BCUT2D eigenvalue weighted by molar-refractivity contribution is -0.121. The number of hydrazine groups is 1. The van der Waals surface area contributed by atoms with E-state index < -0.39 is 0 Å². The van der Waals surface area contributed by atoms with Gasteiger partial charge in [-0.1, -0.05) is 39.7 Å². The maximum atomic E-state index is 11.8. The number of aryl methyl sites for hydroxylation is 1. The predicted octanol–water partition coefficient (Wildman–Crippen LogP) is 3.50. The van der Waals surface area contributed by atoms with E-state index in [1.54, 1.807) is 30.3 Å². The first-order valence-corrected chi connectivity index (χ1v) is 7.81. The van der Waals surface area contributed by atoms with Gasteiger partial charge < -0.3 is 0 Å². The first-order valence-electron chi connectivity index (χ1n) is 6.64. The molecule has 2 aromatic rings. The Morgan fingerprint density at radius 2 is 1.77 bits per heavy atom. The number of carbonyl (C=O) groups is 2. The molecular weight excluding hydrogens is 368 g/mol. The number of hydrogen-bond donors (Lipinski definition) is 2. The number of rotatable bonds is 4. The third-order valence-corrected chi connectivity index (χ3v) is 3.72. The molecule has 2 rings (SSSR count). The van der Waals surface area contributed by atoms with Crippen LogP contribution in [0.25, 0.3) is 0 Å². The summed E-state index contributed by atoms with van der Waals surface area (Å²) in [4.78, 5) is 23.5. The highest BCUT2D eigenvalue weighted by molar-refractivity contribution is 9.10. The van der Waals surface area contributed by atoms with Crippen molar-refractivity contribution in [2.75, 3.05) is 0 Å². The van der Waals surface area contributed by atoms with Crippen molar-refractivity contribution in [2.24, 2.45) is 0 Å². The van der Waals surface area contributed by atoms with Crippen molar-refractivity contribution in [1.82, 2.24) is 10.9 Å². The first kappa shape index (κ1) is 16.5. The Morgan fingerprint density at radius 3 is 2.45 bits per heavy atom. The van der Waals surface area contributed by atoms with Gasteiger partial charge in [-0.05, 0) is 48.4 Å². The third-order valence-electron chi connectivity index (χ3n) is 2.95. The molecule has 114 valence electrons. The second-order valence-corrected chi connectivity index (χ2v) is 5.99. The second kappa shape index (κ2) is 7.96. The van der Waals surface area contributed by atoms with E-state index in [0.717, 1.165) is 10.0 Å². The highest BCUT2D eigenvalue weighted by Crippen LogP contribution is 2.12. The van der Waals surface area contributed by atoms with Gasteiger partial charge in [0.2, 0.25) is 5.91 Å². The summed E-state index contributed by atoms with van der Waals surface area (Å²) in [6.07, 6.45) is 0.821. The number of halogens is 2. The van der Waals surface area contributed by atoms with Gasteiger partial charge in [-0.2, -0.15) is 0 Å². The summed E-state index contributed by atoms with van der Waals surface area (Å²) in [7, 11) is 0. The third kappa shape index (κ3) is 5.16. The molecule has 2 amide bonds. The molecule has 0 aliphatic heterocycles. The number of benzene rings is 2. The minimum atomic E-state index is -0.358. The standard InChI is InChI=1S/C16H14BrClN2O2/c17-13-7-5-12(6-8-13)16(22)20-19-15(21)9-4-11-2-1-3-14(18)10-11/h1-3,5-8,10H,4,9H2,(H,19,21)(H,20,22).